The highest BCUT2D eigenvalue weighted by molar-refractivity contribution is 7.89. The van der Waals surface area contributed by atoms with Crippen LogP contribution in [0.25, 0.3) is 0 Å². The predicted molar refractivity (Wildman–Crippen MR) is 138 cm³/mol. The number of rotatable bonds is 8. The standard InChI is InChI=1S/C24H30N4O3S.C2HF3O2/c1-27-15-22(23(16-27)31-3)26-21-10-9-20(13-18(21)14-25)32(29,30)28(2)17-24(11-12-24)19-7-5-4-6-8-19;3-2(4,5)1(6)7/h4-10,13,22-23,26H,11-12,15-17H2,1-3H3;(H,6,7)/t22-,23-;/m1./s1. The first-order chi connectivity index (χ1) is 18.2. The van der Waals surface area contributed by atoms with Crippen molar-refractivity contribution in [3.8, 4) is 6.07 Å². The van der Waals surface area contributed by atoms with E-state index in [0.29, 0.717) is 17.8 Å². The number of nitriles is 1. The number of anilines is 1. The largest absolute Gasteiger partial charge is 0.490 e. The Kier molecular flexibility index (Phi) is 9.27. The van der Waals surface area contributed by atoms with Gasteiger partial charge in [-0.1, -0.05) is 30.3 Å². The van der Waals surface area contributed by atoms with Crippen LogP contribution in [0.2, 0.25) is 0 Å². The molecule has 2 aromatic rings. The molecule has 0 unspecified atom stereocenters. The molecular formula is C26H31F3N4O5S. The van der Waals surface area contributed by atoms with Crippen molar-refractivity contribution < 1.29 is 36.2 Å². The minimum absolute atomic E-state index is 0.00815. The summed E-state index contributed by atoms with van der Waals surface area (Å²) < 4.78 is 65.3. The Morgan fingerprint density at radius 2 is 1.85 bits per heavy atom. The zero-order chi connectivity index (χ0) is 29.0. The molecule has 2 atom stereocenters. The fourth-order valence-electron chi connectivity index (χ4n) is 4.61. The Morgan fingerprint density at radius 1 is 1.23 bits per heavy atom. The van der Waals surface area contributed by atoms with Gasteiger partial charge in [0.05, 0.1) is 28.3 Å². The molecule has 0 spiro atoms. The molecule has 212 valence electrons. The van der Waals surface area contributed by atoms with Gasteiger partial charge < -0.3 is 20.1 Å². The summed E-state index contributed by atoms with van der Waals surface area (Å²) in [4.78, 5) is 11.2. The maximum atomic E-state index is 13.3. The Hall–Kier alpha value is -3.18. The van der Waals surface area contributed by atoms with Gasteiger partial charge in [-0.25, -0.2) is 17.5 Å². The molecule has 4 rings (SSSR count). The van der Waals surface area contributed by atoms with Gasteiger partial charge in [-0.05, 0) is 43.7 Å². The molecule has 2 N–H and O–H groups in total. The summed E-state index contributed by atoms with van der Waals surface area (Å²) in [5.74, 6) is -2.76. The number of likely N-dealkylation sites (tertiary alicyclic amines) is 1. The fraction of sp³-hybridized carbons (Fsp3) is 0.462. The first-order valence-corrected chi connectivity index (χ1v) is 13.5. The normalized spacial score (nSPS) is 20.6. The first kappa shape index (κ1) is 30.4. The number of alkyl halides is 3. The lowest BCUT2D eigenvalue weighted by Crippen LogP contribution is -2.35. The molecule has 1 saturated carbocycles. The van der Waals surface area contributed by atoms with Crippen molar-refractivity contribution >= 4 is 21.7 Å². The SMILES string of the molecule is CO[C@@H]1CN(C)C[C@H]1Nc1ccc(S(=O)(=O)N(C)CC2(c3ccccc3)CC2)cc1C#N.O=C(O)C(F)(F)F. The molecule has 2 aromatic carbocycles. The summed E-state index contributed by atoms with van der Waals surface area (Å²) in [6.45, 7) is 2.01. The number of hydrogen-bond donors (Lipinski definition) is 2. The van der Waals surface area contributed by atoms with Crippen LogP contribution < -0.4 is 5.32 Å². The van der Waals surface area contributed by atoms with Crippen LogP contribution in [0.1, 0.15) is 24.0 Å². The van der Waals surface area contributed by atoms with E-state index in [-0.39, 0.29) is 22.5 Å². The van der Waals surface area contributed by atoms with Crippen LogP contribution in [0.4, 0.5) is 18.9 Å². The average Bonchev–Trinajstić information content (AvgIpc) is 3.59. The lowest BCUT2D eigenvalue weighted by Gasteiger charge is -2.24. The molecule has 2 aliphatic rings. The molecule has 1 aliphatic heterocycles. The van der Waals surface area contributed by atoms with Crippen molar-refractivity contribution in [2.45, 2.75) is 41.5 Å². The van der Waals surface area contributed by atoms with E-state index >= 15 is 0 Å². The zero-order valence-electron chi connectivity index (χ0n) is 21.8. The average molecular weight is 569 g/mol. The van der Waals surface area contributed by atoms with Crippen LogP contribution in [0.5, 0.6) is 0 Å². The highest BCUT2D eigenvalue weighted by Crippen LogP contribution is 2.49. The first-order valence-electron chi connectivity index (χ1n) is 12.1. The van der Waals surface area contributed by atoms with Crippen LogP contribution in [0.15, 0.2) is 53.4 Å². The quantitative estimate of drug-likeness (QED) is 0.498. The van der Waals surface area contributed by atoms with E-state index in [2.05, 4.69) is 28.4 Å². The van der Waals surface area contributed by atoms with Crippen LogP contribution >= 0.6 is 0 Å². The number of carboxylic acid groups (broad SMARTS) is 1. The minimum Gasteiger partial charge on any atom is -0.475 e. The second-order valence-electron chi connectivity index (χ2n) is 9.78. The summed E-state index contributed by atoms with van der Waals surface area (Å²) in [5, 5.41) is 20.2. The third kappa shape index (κ3) is 7.27. The highest BCUT2D eigenvalue weighted by atomic mass is 32.2. The molecule has 0 radical (unpaired) electrons. The molecule has 39 heavy (non-hydrogen) atoms. The molecule has 13 heteroatoms. The fourth-order valence-corrected chi connectivity index (χ4v) is 5.90. The van der Waals surface area contributed by atoms with E-state index in [1.165, 1.54) is 15.9 Å². The number of carbonyl (C=O) groups is 1. The van der Waals surface area contributed by atoms with E-state index in [9.17, 15) is 26.9 Å². The second kappa shape index (κ2) is 11.9. The van der Waals surface area contributed by atoms with Crippen molar-refractivity contribution in [1.82, 2.24) is 9.21 Å². The lowest BCUT2D eigenvalue weighted by molar-refractivity contribution is -0.192. The smallest absolute Gasteiger partial charge is 0.475 e. The molecule has 0 bridgehead atoms. The number of sulfonamides is 1. The van der Waals surface area contributed by atoms with Gasteiger partial charge in [-0.2, -0.15) is 18.4 Å². The van der Waals surface area contributed by atoms with Gasteiger partial charge in [-0.3, -0.25) is 0 Å². The van der Waals surface area contributed by atoms with Gasteiger partial charge in [0, 0.05) is 39.2 Å². The van der Waals surface area contributed by atoms with Crippen LogP contribution in [-0.2, 0) is 25.0 Å². The number of carboxylic acids is 1. The van der Waals surface area contributed by atoms with Gasteiger partial charge >= 0.3 is 12.1 Å². The number of likely N-dealkylation sites (N-methyl/N-ethyl adjacent to an activating group) is 2. The van der Waals surface area contributed by atoms with Gasteiger partial charge in [0.15, 0.2) is 0 Å². The Morgan fingerprint density at radius 3 is 2.36 bits per heavy atom. The zero-order valence-corrected chi connectivity index (χ0v) is 22.6. The van der Waals surface area contributed by atoms with Crippen molar-refractivity contribution in [2.75, 3.05) is 46.2 Å². The van der Waals surface area contributed by atoms with Crippen molar-refractivity contribution in [1.29, 1.82) is 5.26 Å². The van der Waals surface area contributed by atoms with Crippen molar-refractivity contribution in [2.24, 2.45) is 0 Å². The monoisotopic (exact) mass is 568 g/mol. The molecule has 2 fully saturated rings. The summed E-state index contributed by atoms with van der Waals surface area (Å²) in [5.41, 5.74) is 1.99. The van der Waals surface area contributed by atoms with Gasteiger partial charge in [-0.15, -0.1) is 0 Å². The summed E-state index contributed by atoms with van der Waals surface area (Å²) >= 11 is 0. The third-order valence-electron chi connectivity index (χ3n) is 6.92. The Bertz CT molecular complexity index is 1310. The van der Waals surface area contributed by atoms with E-state index < -0.39 is 22.2 Å². The van der Waals surface area contributed by atoms with Gasteiger partial charge in [0.1, 0.15) is 6.07 Å². The maximum absolute atomic E-state index is 13.3. The van der Waals surface area contributed by atoms with Crippen LogP contribution in [-0.4, -0.2) is 87.9 Å². The number of aliphatic carboxylic acids is 1. The number of hydrogen-bond acceptors (Lipinski definition) is 7. The molecule has 1 heterocycles. The molecule has 9 nitrogen and oxygen atoms in total. The highest BCUT2D eigenvalue weighted by Gasteiger charge is 2.46. The third-order valence-corrected chi connectivity index (χ3v) is 8.72. The topological polar surface area (TPSA) is 123 Å². The summed E-state index contributed by atoms with van der Waals surface area (Å²) in [7, 11) is 1.60. The number of methoxy groups -OCH3 is 1. The van der Waals surface area contributed by atoms with E-state index in [1.54, 1.807) is 26.3 Å². The van der Waals surface area contributed by atoms with Crippen LogP contribution in [0.3, 0.4) is 0 Å². The molecule has 1 saturated heterocycles. The van der Waals surface area contributed by atoms with Gasteiger partial charge in [0.2, 0.25) is 10.0 Å². The molecule has 0 amide bonds. The van der Waals surface area contributed by atoms with Gasteiger partial charge in [0.25, 0.3) is 0 Å². The predicted octanol–water partition coefficient (Wildman–Crippen LogP) is 3.28. The number of benzene rings is 2. The number of halogens is 3. The number of nitrogens with zero attached hydrogens (tertiary/aromatic N) is 3. The second-order valence-corrected chi connectivity index (χ2v) is 11.8. The molecule has 0 aromatic heterocycles. The Balaban J connectivity index is 0.000000532. The Labute approximate surface area is 225 Å². The van der Waals surface area contributed by atoms with E-state index in [1.807, 2.05) is 25.2 Å². The van der Waals surface area contributed by atoms with Crippen molar-refractivity contribution in [3.05, 3.63) is 59.7 Å². The lowest BCUT2D eigenvalue weighted by atomic mass is 9.96. The van der Waals surface area contributed by atoms with Crippen LogP contribution in [0, 0.1) is 11.3 Å². The minimum atomic E-state index is -5.08. The molecular weight excluding hydrogens is 537 g/mol. The van der Waals surface area contributed by atoms with Crippen molar-refractivity contribution in [3.63, 3.8) is 0 Å². The van der Waals surface area contributed by atoms with E-state index in [0.717, 1.165) is 25.9 Å². The number of nitrogens with one attached hydrogen (secondary N) is 1. The molecule has 1 aliphatic carbocycles. The number of ether oxygens (including phenoxy) is 1. The summed E-state index contributed by atoms with van der Waals surface area (Å²) in [6.07, 6.45) is -3.13. The van der Waals surface area contributed by atoms with E-state index in [4.69, 9.17) is 14.6 Å². The summed E-state index contributed by atoms with van der Waals surface area (Å²) in [6, 6.07) is 17.0. The maximum Gasteiger partial charge on any atom is 0.490 e.